The van der Waals surface area contributed by atoms with Gasteiger partial charge in [-0.2, -0.15) is 0 Å². The largest absolute Gasteiger partial charge is 0.394 e. The second kappa shape index (κ2) is 14.6. The zero-order valence-corrected chi connectivity index (χ0v) is 16.7. The number of aliphatic hydroxyl groups excluding tert-OH is 8. The van der Waals surface area contributed by atoms with E-state index in [1.807, 2.05) is 0 Å². The van der Waals surface area contributed by atoms with Gasteiger partial charge in [0.2, 0.25) is 0 Å². The molecule has 0 radical (unpaired) electrons. The Morgan fingerprint density at radius 1 is 0.750 bits per heavy atom. The first kappa shape index (κ1) is 26.7. The predicted molar refractivity (Wildman–Crippen MR) is 98.0 cm³/mol. The summed E-state index contributed by atoms with van der Waals surface area (Å²) in [6.45, 7) is -0.518. The summed E-state index contributed by atoms with van der Waals surface area (Å²) in [5.41, 5.74) is 0. The molecule has 10 nitrogen and oxygen atoms in total. The lowest BCUT2D eigenvalue weighted by molar-refractivity contribution is -0.131. The fourth-order valence-corrected chi connectivity index (χ4v) is 2.37. The van der Waals surface area contributed by atoms with Crippen LogP contribution in [0.15, 0.2) is 0 Å². The van der Waals surface area contributed by atoms with E-state index in [4.69, 9.17) is 40.9 Å². The lowest BCUT2D eigenvalue weighted by atomic mass is 10.1. The van der Waals surface area contributed by atoms with Crippen LogP contribution in [0.3, 0.4) is 0 Å². The average molecular weight is 572 g/mol. The van der Waals surface area contributed by atoms with Crippen molar-refractivity contribution in [1.29, 1.82) is 0 Å². The Kier molecular flexibility index (Phi) is 16.3. The van der Waals surface area contributed by atoms with Crippen molar-refractivity contribution in [3.63, 3.8) is 0 Å². The zero-order chi connectivity index (χ0) is 19.4. The minimum absolute atomic E-state index is 0.105. The second-order valence-electron chi connectivity index (χ2n) is 4.64. The maximum Gasteiger partial charge on any atom is 0.151 e. The summed E-state index contributed by atoms with van der Waals surface area (Å²) in [4.78, 5) is 20.0. The zero-order valence-electron chi connectivity index (χ0n) is 12.3. The molecule has 144 valence electrons. The molecule has 0 aliphatic heterocycles. The SMILES string of the molecule is O=C[C@@H](O)[C@@H](O)[C@H](O)[C@H](O)C[123I].O=C[C@@H](O)[C@@H](O)[C@H]([123I])[C@H](O)CO. The van der Waals surface area contributed by atoms with E-state index in [0.717, 1.165) is 0 Å². The minimum Gasteiger partial charge on any atom is -0.394 e. The van der Waals surface area contributed by atoms with Crippen LogP contribution in [0.4, 0.5) is 0 Å². The molecule has 0 amide bonds. The number of aliphatic hydroxyl groups is 8. The molecule has 0 bridgehead atoms. The number of hydrogen-bond acceptors (Lipinski definition) is 10. The van der Waals surface area contributed by atoms with Crippen molar-refractivity contribution in [2.24, 2.45) is 0 Å². The van der Waals surface area contributed by atoms with Crippen LogP contribution in [0.5, 0.6) is 0 Å². The van der Waals surface area contributed by atoms with E-state index < -0.39 is 53.3 Å². The fourth-order valence-electron chi connectivity index (χ4n) is 1.20. The number of carbonyl (C=O) groups excluding carboxylic acids is 2. The molecule has 24 heavy (non-hydrogen) atoms. The highest BCUT2D eigenvalue weighted by Gasteiger charge is 2.29. The number of halogens is 2. The molecule has 0 rings (SSSR count). The van der Waals surface area contributed by atoms with E-state index in [1.165, 1.54) is 0 Å². The van der Waals surface area contributed by atoms with Gasteiger partial charge in [0.1, 0.15) is 30.5 Å². The van der Waals surface area contributed by atoms with Crippen molar-refractivity contribution in [3.8, 4) is 0 Å². The van der Waals surface area contributed by atoms with Crippen molar-refractivity contribution >= 4 is 57.8 Å². The fraction of sp³-hybridized carbons (Fsp3) is 0.833. The van der Waals surface area contributed by atoms with E-state index in [9.17, 15) is 9.59 Å². The van der Waals surface area contributed by atoms with Gasteiger partial charge >= 0.3 is 0 Å². The van der Waals surface area contributed by atoms with Crippen molar-refractivity contribution in [2.75, 3.05) is 11.0 Å². The Labute approximate surface area is 165 Å². The number of rotatable bonds is 10. The molecule has 0 heterocycles. The third-order valence-electron chi connectivity index (χ3n) is 2.76. The van der Waals surface area contributed by atoms with Gasteiger partial charge in [-0.1, -0.05) is 45.2 Å². The van der Waals surface area contributed by atoms with Gasteiger partial charge in [0, 0.05) is 4.43 Å². The highest BCUT2D eigenvalue weighted by Crippen LogP contribution is 2.13. The first-order valence-corrected chi connectivity index (χ1v) is 9.33. The van der Waals surface area contributed by atoms with Crippen LogP contribution in [0.25, 0.3) is 0 Å². The highest BCUT2D eigenvalue weighted by atomic mass is 123. The van der Waals surface area contributed by atoms with Gasteiger partial charge in [-0.3, -0.25) is 0 Å². The Bertz CT molecular complexity index is 316. The van der Waals surface area contributed by atoms with Crippen LogP contribution in [0.1, 0.15) is 0 Å². The van der Waals surface area contributed by atoms with Gasteiger partial charge in [-0.05, 0) is 0 Å². The molecule has 0 saturated heterocycles. The first-order valence-electron chi connectivity index (χ1n) is 6.56. The Hall–Kier alpha value is 0.480. The molecule has 0 saturated carbocycles. The Balaban J connectivity index is 0. The molecule has 0 fully saturated rings. The van der Waals surface area contributed by atoms with E-state index in [-0.39, 0.29) is 17.0 Å². The predicted octanol–water partition coefficient (Wildman–Crippen LogP) is -3.87. The monoisotopic (exact) mass is 572 g/mol. The van der Waals surface area contributed by atoms with Crippen molar-refractivity contribution in [3.05, 3.63) is 0 Å². The normalized spacial score (nSPS) is 21.1. The van der Waals surface area contributed by atoms with E-state index in [1.54, 1.807) is 45.2 Å². The van der Waals surface area contributed by atoms with E-state index in [2.05, 4.69) is 0 Å². The summed E-state index contributed by atoms with van der Waals surface area (Å²) in [6, 6.07) is 0. The molecule has 0 aromatic carbocycles. The van der Waals surface area contributed by atoms with Crippen LogP contribution in [0.2, 0.25) is 0 Å². The molecular formula is C12H22I2O10. The Morgan fingerprint density at radius 3 is 1.50 bits per heavy atom. The standard InChI is InChI=1S/2C6H11IO5/c7-5(3(10)1-8)6(12)4(11)2-9;7-1-3(9)5(11)6(12)4(10)2-8/h2-6,8,10-12H,1H2;2-6,9-12H,1H2/t2*3-,4-,5-,6-/m11/s1/i2*7-4. The molecule has 8 N–H and O–H groups in total. The number of alkyl halides is 2. The van der Waals surface area contributed by atoms with Gasteiger partial charge in [-0.25, -0.2) is 0 Å². The molecule has 0 unspecified atom stereocenters. The summed E-state index contributed by atoms with van der Waals surface area (Å²) in [5, 5.41) is 71.2. The number of hydrogen-bond donors (Lipinski definition) is 8. The lowest BCUT2D eigenvalue weighted by Crippen LogP contribution is -2.45. The maximum atomic E-state index is 10.0. The highest BCUT2D eigenvalue weighted by molar-refractivity contribution is 14.1. The molecule has 0 aliphatic carbocycles. The first-order chi connectivity index (χ1) is 11.1. The van der Waals surface area contributed by atoms with Gasteiger partial charge in [0.25, 0.3) is 0 Å². The van der Waals surface area contributed by atoms with Gasteiger partial charge in [-0.15, -0.1) is 0 Å². The summed E-state index contributed by atoms with van der Waals surface area (Å²) in [5.74, 6) is 0. The van der Waals surface area contributed by atoms with E-state index >= 15 is 0 Å². The molecule has 0 aromatic rings. The molecule has 8 atom stereocenters. The summed E-state index contributed by atoms with van der Waals surface area (Å²) < 4.78 is -0.561. The smallest absolute Gasteiger partial charge is 0.151 e. The molecule has 0 aromatic heterocycles. The second-order valence-corrected chi connectivity index (χ2v) is 6.96. The molecule has 12 heteroatoms. The molecule has 0 aliphatic rings. The van der Waals surface area contributed by atoms with Crippen LogP contribution in [-0.4, -0.2) is 111 Å². The average Bonchev–Trinajstić information content (AvgIpc) is 2.62. The van der Waals surface area contributed by atoms with Crippen molar-refractivity contribution < 1.29 is 50.4 Å². The summed E-state index contributed by atoms with van der Waals surface area (Å²) in [6.07, 6.45) is -9.66. The summed E-state index contributed by atoms with van der Waals surface area (Å²) >= 11 is 3.46. The van der Waals surface area contributed by atoms with Gasteiger partial charge in [0.15, 0.2) is 12.6 Å². The minimum atomic E-state index is -1.66. The Morgan fingerprint density at radius 2 is 1.17 bits per heavy atom. The van der Waals surface area contributed by atoms with Crippen LogP contribution < -0.4 is 0 Å². The molecular weight excluding hydrogens is 550 g/mol. The van der Waals surface area contributed by atoms with E-state index in [0.29, 0.717) is 0 Å². The molecule has 0 spiro atoms. The van der Waals surface area contributed by atoms with Gasteiger partial charge in [0.05, 0.1) is 22.7 Å². The maximum absolute atomic E-state index is 10.0. The quantitative estimate of drug-likeness (QED) is 0.0729. The number of aldehydes is 2. The van der Waals surface area contributed by atoms with Crippen LogP contribution in [0, 0.1) is 0 Å². The van der Waals surface area contributed by atoms with Crippen molar-refractivity contribution in [2.45, 2.75) is 46.7 Å². The van der Waals surface area contributed by atoms with Crippen LogP contribution >= 0.6 is 45.2 Å². The summed E-state index contributed by atoms with van der Waals surface area (Å²) in [7, 11) is 0. The van der Waals surface area contributed by atoms with Gasteiger partial charge < -0.3 is 50.4 Å². The topological polar surface area (TPSA) is 196 Å². The van der Waals surface area contributed by atoms with Crippen molar-refractivity contribution in [1.82, 2.24) is 0 Å². The lowest BCUT2D eigenvalue weighted by Gasteiger charge is -2.22. The third kappa shape index (κ3) is 9.83. The third-order valence-corrected chi connectivity index (χ3v) is 5.23. The number of carbonyl (C=O) groups is 2. The van der Waals surface area contributed by atoms with Crippen LogP contribution in [-0.2, 0) is 9.59 Å².